The summed E-state index contributed by atoms with van der Waals surface area (Å²) in [6, 6.07) is 0. The molecule has 0 saturated carbocycles. The smallest absolute Gasteiger partial charge is 0.250 e. The van der Waals surface area contributed by atoms with Crippen LogP contribution in [0.1, 0.15) is 6.92 Å². The lowest BCUT2D eigenvalue weighted by Gasteiger charge is -1.91. The van der Waals surface area contributed by atoms with Crippen molar-refractivity contribution in [2.75, 3.05) is 0 Å². The lowest BCUT2D eigenvalue weighted by molar-refractivity contribution is -0.126. The van der Waals surface area contributed by atoms with E-state index in [1.807, 2.05) is 5.32 Å². The highest BCUT2D eigenvalue weighted by Gasteiger charge is 1.97. The summed E-state index contributed by atoms with van der Waals surface area (Å²) in [5.74, 6) is -1.87. The average Bonchev–Trinajstić information content (AvgIpc) is 1.82. The van der Waals surface area contributed by atoms with Crippen LogP contribution in [0.3, 0.4) is 0 Å². The van der Waals surface area contributed by atoms with Crippen molar-refractivity contribution in [3.05, 3.63) is 12.2 Å². The Kier molecular flexibility index (Phi) is 3.58. The molecule has 0 aromatic heterocycles. The van der Waals surface area contributed by atoms with Crippen LogP contribution in [0.4, 0.5) is 0 Å². The third kappa shape index (κ3) is 6.23. The van der Waals surface area contributed by atoms with E-state index in [1.165, 1.54) is 6.92 Å². The van der Waals surface area contributed by atoms with Gasteiger partial charge in [0.25, 0.3) is 5.91 Å². The number of hydrogen-bond acceptors (Lipinski definition) is 3. The van der Waals surface area contributed by atoms with Crippen molar-refractivity contribution in [2.45, 2.75) is 6.92 Å². The number of rotatable bonds is 2. The number of imide groups is 1. The van der Waals surface area contributed by atoms with Gasteiger partial charge in [0.15, 0.2) is 0 Å². The van der Waals surface area contributed by atoms with Crippen LogP contribution in [0.2, 0.25) is 0 Å². The molecule has 0 heterocycles. The Balaban J connectivity index is 3.88. The van der Waals surface area contributed by atoms with Crippen molar-refractivity contribution in [3.8, 4) is 0 Å². The number of nitrogens with two attached hydrogens (primary N) is 1. The average molecular weight is 156 g/mol. The molecule has 5 nitrogen and oxygen atoms in total. The zero-order valence-corrected chi connectivity index (χ0v) is 5.96. The SMILES string of the molecule is CC(=O)NC(=O)/C=C\C(N)=O. The summed E-state index contributed by atoms with van der Waals surface area (Å²) >= 11 is 0. The number of hydrogen-bond donors (Lipinski definition) is 2. The topological polar surface area (TPSA) is 89.3 Å². The lowest BCUT2D eigenvalue weighted by atomic mass is 10.4. The maximum absolute atomic E-state index is 10.5. The van der Waals surface area contributed by atoms with Gasteiger partial charge in [0.2, 0.25) is 11.8 Å². The van der Waals surface area contributed by atoms with E-state index in [9.17, 15) is 14.4 Å². The van der Waals surface area contributed by atoms with E-state index in [0.717, 1.165) is 12.2 Å². The van der Waals surface area contributed by atoms with E-state index in [2.05, 4.69) is 5.73 Å². The van der Waals surface area contributed by atoms with E-state index in [0.29, 0.717) is 0 Å². The van der Waals surface area contributed by atoms with Crippen LogP contribution >= 0.6 is 0 Å². The molecule has 3 amide bonds. The molecule has 0 aliphatic carbocycles. The van der Waals surface area contributed by atoms with Crippen LogP contribution in [0.15, 0.2) is 12.2 Å². The molecule has 0 spiro atoms. The summed E-state index contributed by atoms with van der Waals surface area (Å²) in [6.45, 7) is 1.19. The summed E-state index contributed by atoms with van der Waals surface area (Å²) in [5, 5.41) is 1.93. The molecule has 0 fully saturated rings. The highest BCUT2D eigenvalue weighted by Crippen LogP contribution is 1.72. The van der Waals surface area contributed by atoms with Gasteiger partial charge in [-0.25, -0.2) is 0 Å². The van der Waals surface area contributed by atoms with Gasteiger partial charge in [0.05, 0.1) is 0 Å². The zero-order chi connectivity index (χ0) is 8.85. The van der Waals surface area contributed by atoms with E-state index in [-0.39, 0.29) is 0 Å². The van der Waals surface area contributed by atoms with Crippen molar-refractivity contribution in [1.29, 1.82) is 0 Å². The molecule has 0 saturated heterocycles. The molecule has 0 aromatic rings. The Morgan fingerprint density at radius 2 is 1.82 bits per heavy atom. The van der Waals surface area contributed by atoms with Gasteiger partial charge in [-0.15, -0.1) is 0 Å². The van der Waals surface area contributed by atoms with Gasteiger partial charge in [0.1, 0.15) is 0 Å². The number of carbonyl (C=O) groups is 3. The predicted molar refractivity (Wildman–Crippen MR) is 37.2 cm³/mol. The monoisotopic (exact) mass is 156 g/mol. The molecule has 5 heteroatoms. The van der Waals surface area contributed by atoms with Crippen molar-refractivity contribution in [1.82, 2.24) is 5.32 Å². The molecule has 0 rings (SSSR count). The fraction of sp³-hybridized carbons (Fsp3) is 0.167. The maximum Gasteiger partial charge on any atom is 0.250 e. The molecule has 0 aromatic carbocycles. The van der Waals surface area contributed by atoms with Gasteiger partial charge < -0.3 is 5.73 Å². The Morgan fingerprint density at radius 1 is 1.27 bits per heavy atom. The fourth-order valence-corrected chi connectivity index (χ4v) is 0.373. The van der Waals surface area contributed by atoms with Crippen molar-refractivity contribution in [3.63, 3.8) is 0 Å². The van der Waals surface area contributed by atoms with Gasteiger partial charge in [-0.05, 0) is 0 Å². The largest absolute Gasteiger partial charge is 0.366 e. The standard InChI is InChI=1S/C6H8N2O3/c1-4(9)8-6(11)3-2-5(7)10/h2-3H,1H3,(H2,7,10)(H,8,9,11)/b3-2-. The third-order valence-electron chi connectivity index (χ3n) is 0.698. The molecule has 11 heavy (non-hydrogen) atoms. The fourth-order valence-electron chi connectivity index (χ4n) is 0.373. The van der Waals surface area contributed by atoms with Crippen molar-refractivity contribution in [2.24, 2.45) is 5.73 Å². The number of amides is 3. The second-order valence-electron chi connectivity index (χ2n) is 1.78. The van der Waals surface area contributed by atoms with Crippen LogP contribution in [-0.4, -0.2) is 17.7 Å². The summed E-state index contributed by atoms with van der Waals surface area (Å²) in [6.07, 6.45) is 1.77. The Bertz CT molecular complexity index is 220. The van der Waals surface area contributed by atoms with Crippen molar-refractivity contribution < 1.29 is 14.4 Å². The number of carbonyl (C=O) groups excluding carboxylic acids is 3. The zero-order valence-electron chi connectivity index (χ0n) is 5.96. The lowest BCUT2D eigenvalue weighted by Crippen LogP contribution is -2.26. The summed E-state index contributed by atoms with van der Waals surface area (Å²) in [5.41, 5.74) is 4.68. The van der Waals surface area contributed by atoms with Gasteiger partial charge in [0, 0.05) is 19.1 Å². The summed E-state index contributed by atoms with van der Waals surface area (Å²) < 4.78 is 0. The minimum absolute atomic E-state index is 0.482. The van der Waals surface area contributed by atoms with Crippen molar-refractivity contribution >= 4 is 17.7 Å². The molecule has 3 N–H and O–H groups in total. The summed E-state index contributed by atoms with van der Waals surface area (Å²) in [4.78, 5) is 30.8. The highest BCUT2D eigenvalue weighted by molar-refractivity contribution is 6.03. The van der Waals surface area contributed by atoms with Crippen LogP contribution in [-0.2, 0) is 14.4 Å². The Labute approximate surface area is 63.2 Å². The molecule has 0 aliphatic rings. The van der Waals surface area contributed by atoms with Gasteiger partial charge in [-0.3, -0.25) is 19.7 Å². The van der Waals surface area contributed by atoms with E-state index in [1.54, 1.807) is 0 Å². The van der Waals surface area contributed by atoms with E-state index in [4.69, 9.17) is 0 Å². The minimum atomic E-state index is -0.733. The maximum atomic E-state index is 10.5. The van der Waals surface area contributed by atoms with Crippen LogP contribution in [0.5, 0.6) is 0 Å². The number of primary amides is 1. The molecule has 0 atom stereocenters. The van der Waals surface area contributed by atoms with Gasteiger partial charge >= 0.3 is 0 Å². The summed E-state index contributed by atoms with van der Waals surface area (Å²) in [7, 11) is 0. The first-order valence-corrected chi connectivity index (χ1v) is 2.81. The second-order valence-corrected chi connectivity index (χ2v) is 1.78. The molecule has 0 bridgehead atoms. The Hall–Kier alpha value is -1.65. The molecular formula is C6H8N2O3. The normalized spacial score (nSPS) is 9.55. The first-order valence-electron chi connectivity index (χ1n) is 2.81. The highest BCUT2D eigenvalue weighted by atomic mass is 16.2. The minimum Gasteiger partial charge on any atom is -0.366 e. The molecular weight excluding hydrogens is 148 g/mol. The second kappa shape index (κ2) is 4.21. The predicted octanol–water partition coefficient (Wildman–Crippen LogP) is -1.31. The third-order valence-corrected chi connectivity index (χ3v) is 0.698. The number of nitrogens with one attached hydrogen (secondary N) is 1. The van der Waals surface area contributed by atoms with Crippen LogP contribution < -0.4 is 11.1 Å². The van der Waals surface area contributed by atoms with Crippen LogP contribution in [0, 0.1) is 0 Å². The van der Waals surface area contributed by atoms with E-state index >= 15 is 0 Å². The quantitative estimate of drug-likeness (QED) is 0.486. The van der Waals surface area contributed by atoms with Crippen LogP contribution in [0.25, 0.3) is 0 Å². The van der Waals surface area contributed by atoms with E-state index < -0.39 is 17.7 Å². The molecule has 0 aliphatic heterocycles. The molecule has 0 radical (unpaired) electrons. The van der Waals surface area contributed by atoms with Gasteiger partial charge in [-0.2, -0.15) is 0 Å². The molecule has 60 valence electrons. The first-order chi connectivity index (χ1) is 5.02. The first kappa shape index (κ1) is 9.35. The van der Waals surface area contributed by atoms with Gasteiger partial charge in [-0.1, -0.05) is 0 Å². The molecule has 0 unspecified atom stereocenters. The Morgan fingerprint density at radius 3 is 2.18 bits per heavy atom.